The maximum absolute atomic E-state index is 13.8. The number of carbonyl (C=O) groups excluding carboxylic acids is 3. The van der Waals surface area contributed by atoms with Gasteiger partial charge in [0.1, 0.15) is 17.6 Å². The number of halogens is 1. The number of ketones is 1. The Morgan fingerprint density at radius 1 is 1.32 bits per heavy atom. The molecule has 0 N–H and O–H groups in total. The van der Waals surface area contributed by atoms with Crippen LogP contribution in [-0.2, 0) is 28.6 Å². The Balaban J connectivity index is 1.61. The van der Waals surface area contributed by atoms with Crippen LogP contribution in [0.15, 0.2) is 11.8 Å². The fourth-order valence-electron chi connectivity index (χ4n) is 8.72. The molecule has 10 atom stereocenters. The molecule has 8 heteroatoms. The molecule has 2 aliphatic heterocycles. The Morgan fingerprint density at radius 3 is 2.77 bits per heavy atom. The molecule has 6 bridgehead atoms. The molecule has 5 fully saturated rings. The second-order valence-corrected chi connectivity index (χ2v) is 11.2. The van der Waals surface area contributed by atoms with Gasteiger partial charge >= 0.3 is 5.97 Å². The first-order chi connectivity index (χ1) is 14.9. The zero-order valence-corrected chi connectivity index (χ0v) is 19.6. The molecular formula is C23H28BrNO6. The van der Waals surface area contributed by atoms with E-state index in [1.54, 1.807) is 7.11 Å². The SMILES string of the molecule is CCN1C(=O)C2(C(=O)OC)CC=C3O[C@H]4CC(=O)[C@@H]5C[C@H](C4C5OC)[C@]34C1[C@H](Br)C[C@H]24. The van der Waals surface area contributed by atoms with Gasteiger partial charge in [0.05, 0.1) is 24.7 Å². The predicted octanol–water partition coefficient (Wildman–Crippen LogP) is 2.07. The van der Waals surface area contributed by atoms with Crippen LogP contribution in [0.2, 0.25) is 0 Å². The van der Waals surface area contributed by atoms with Crippen LogP contribution < -0.4 is 0 Å². The van der Waals surface area contributed by atoms with E-state index in [4.69, 9.17) is 14.2 Å². The standard InChI is InChI=1S/C23H28BrNO6/c1-4-25-19-12(24)8-15-22(20(25)27,21(28)30-3)6-5-16-23(15,19)11-7-10-13(26)9-14(31-16)17(11)18(10)29-2/h5,10-12,14-15,17-19H,4,6-9H2,1-3H3/t10-,11+,12+,14-,15+,17?,18?,19?,22?,23+/m0/s1. The number of hydrogen-bond acceptors (Lipinski definition) is 6. The highest BCUT2D eigenvalue weighted by molar-refractivity contribution is 9.09. The number of allylic oxidation sites excluding steroid dienone is 1. The number of piperidine rings is 1. The molecule has 0 radical (unpaired) electrons. The molecule has 3 saturated carbocycles. The number of rotatable bonds is 3. The largest absolute Gasteiger partial charge is 0.494 e. The maximum atomic E-state index is 13.8. The summed E-state index contributed by atoms with van der Waals surface area (Å²) < 4.78 is 17.8. The Morgan fingerprint density at radius 2 is 2.10 bits per heavy atom. The molecule has 0 aromatic rings. The zero-order valence-electron chi connectivity index (χ0n) is 18.0. The Labute approximate surface area is 189 Å². The fraction of sp³-hybridized carbons (Fsp3) is 0.783. The van der Waals surface area contributed by atoms with Crippen LogP contribution >= 0.6 is 15.9 Å². The second-order valence-electron chi connectivity index (χ2n) is 10.1. The summed E-state index contributed by atoms with van der Waals surface area (Å²) in [5.74, 6) is 0.411. The number of amides is 1. The highest BCUT2D eigenvalue weighted by atomic mass is 79.9. The smallest absolute Gasteiger partial charge is 0.322 e. The molecule has 6 rings (SSSR count). The van der Waals surface area contributed by atoms with E-state index in [-0.39, 0.29) is 58.4 Å². The van der Waals surface area contributed by atoms with E-state index in [2.05, 4.69) is 15.9 Å². The van der Waals surface area contributed by atoms with Gasteiger partial charge in [0.2, 0.25) is 5.91 Å². The molecular weight excluding hydrogens is 466 g/mol. The second kappa shape index (κ2) is 6.34. The average Bonchev–Trinajstić information content (AvgIpc) is 3.24. The number of methoxy groups -OCH3 is 2. The van der Waals surface area contributed by atoms with Crippen molar-refractivity contribution in [1.29, 1.82) is 0 Å². The predicted molar refractivity (Wildman–Crippen MR) is 112 cm³/mol. The summed E-state index contributed by atoms with van der Waals surface area (Å²) in [5.41, 5.74) is -1.73. The molecule has 0 aromatic carbocycles. The Hall–Kier alpha value is -1.41. The van der Waals surface area contributed by atoms with Crippen molar-refractivity contribution in [2.45, 2.75) is 55.7 Å². The van der Waals surface area contributed by atoms with Gasteiger partial charge in [-0.2, -0.15) is 0 Å². The minimum absolute atomic E-state index is 0.0479. The molecule has 0 aromatic heterocycles. The van der Waals surface area contributed by atoms with Gasteiger partial charge in [-0.25, -0.2) is 0 Å². The van der Waals surface area contributed by atoms with Crippen LogP contribution in [0.3, 0.4) is 0 Å². The van der Waals surface area contributed by atoms with E-state index >= 15 is 0 Å². The fourth-order valence-corrected chi connectivity index (χ4v) is 9.82. The lowest BCUT2D eigenvalue weighted by atomic mass is 9.47. The first-order valence-corrected chi connectivity index (χ1v) is 12.3. The van der Waals surface area contributed by atoms with E-state index in [0.717, 1.165) is 12.2 Å². The van der Waals surface area contributed by atoms with Crippen molar-refractivity contribution >= 4 is 33.6 Å². The normalized spacial score (nSPS) is 51.2. The first-order valence-electron chi connectivity index (χ1n) is 11.3. The summed E-state index contributed by atoms with van der Waals surface area (Å²) in [6.07, 6.45) is 3.77. The van der Waals surface area contributed by atoms with Gasteiger partial charge in [0, 0.05) is 42.7 Å². The molecule has 7 nitrogen and oxygen atoms in total. The lowest BCUT2D eigenvalue weighted by Gasteiger charge is -2.63. The van der Waals surface area contributed by atoms with Crippen LogP contribution in [0.4, 0.5) is 0 Å². The van der Waals surface area contributed by atoms with Gasteiger partial charge in [-0.15, -0.1) is 0 Å². The number of carbonyl (C=O) groups is 3. The molecule has 31 heavy (non-hydrogen) atoms. The average molecular weight is 494 g/mol. The van der Waals surface area contributed by atoms with Crippen molar-refractivity contribution in [1.82, 2.24) is 4.90 Å². The van der Waals surface area contributed by atoms with E-state index in [9.17, 15) is 14.4 Å². The van der Waals surface area contributed by atoms with Crippen LogP contribution in [0.5, 0.6) is 0 Å². The minimum atomic E-state index is -1.23. The molecule has 4 aliphatic carbocycles. The molecule has 6 aliphatic rings. The van der Waals surface area contributed by atoms with E-state index in [0.29, 0.717) is 25.8 Å². The lowest BCUT2D eigenvalue weighted by Crippen LogP contribution is -2.72. The van der Waals surface area contributed by atoms with Crippen LogP contribution in [-0.4, -0.2) is 66.4 Å². The summed E-state index contributed by atoms with van der Waals surface area (Å²) >= 11 is 3.90. The topological polar surface area (TPSA) is 82.1 Å². The van der Waals surface area contributed by atoms with Crippen LogP contribution in [0, 0.1) is 34.5 Å². The third kappa shape index (κ3) is 2.00. The van der Waals surface area contributed by atoms with Crippen molar-refractivity contribution in [2.75, 3.05) is 20.8 Å². The van der Waals surface area contributed by atoms with Crippen molar-refractivity contribution in [3.05, 3.63) is 11.8 Å². The number of fused-ring (bicyclic) bond motifs is 1. The summed E-state index contributed by atoms with van der Waals surface area (Å²) in [6.45, 7) is 2.49. The van der Waals surface area contributed by atoms with Gasteiger partial charge in [0.15, 0.2) is 5.41 Å². The van der Waals surface area contributed by atoms with Gasteiger partial charge in [-0.1, -0.05) is 15.9 Å². The molecule has 4 unspecified atom stereocenters. The van der Waals surface area contributed by atoms with Crippen molar-refractivity contribution in [2.24, 2.45) is 34.5 Å². The first kappa shape index (κ1) is 20.2. The Bertz CT molecular complexity index is 920. The minimum Gasteiger partial charge on any atom is -0.494 e. The third-order valence-electron chi connectivity index (χ3n) is 9.53. The zero-order chi connectivity index (χ0) is 21.9. The molecule has 2 heterocycles. The number of ether oxygens (including phenoxy) is 3. The summed E-state index contributed by atoms with van der Waals surface area (Å²) in [5, 5.41) is 0. The lowest BCUT2D eigenvalue weighted by molar-refractivity contribution is -0.209. The van der Waals surface area contributed by atoms with E-state index in [1.807, 2.05) is 17.9 Å². The summed E-state index contributed by atoms with van der Waals surface area (Å²) in [7, 11) is 3.05. The van der Waals surface area contributed by atoms with E-state index < -0.39 is 16.8 Å². The highest BCUT2D eigenvalue weighted by Crippen LogP contribution is 2.75. The number of nitrogens with zero attached hydrogens (tertiary/aromatic N) is 1. The van der Waals surface area contributed by atoms with Gasteiger partial charge in [-0.3, -0.25) is 14.4 Å². The molecule has 168 valence electrons. The number of alkyl halides is 1. The van der Waals surface area contributed by atoms with Crippen molar-refractivity contribution in [3.63, 3.8) is 0 Å². The maximum Gasteiger partial charge on any atom is 0.322 e. The number of Topliss-reactive ketones (excluding diaryl/α,β-unsaturated/α-hetero) is 1. The number of hydrogen-bond donors (Lipinski definition) is 0. The van der Waals surface area contributed by atoms with Gasteiger partial charge in [0.25, 0.3) is 0 Å². The third-order valence-corrected chi connectivity index (χ3v) is 10.4. The van der Waals surface area contributed by atoms with Gasteiger partial charge in [-0.05, 0) is 38.2 Å². The molecule has 2 saturated heterocycles. The number of likely N-dealkylation sites (tertiary alicyclic amines) is 1. The van der Waals surface area contributed by atoms with Crippen molar-refractivity contribution in [3.8, 4) is 0 Å². The molecule has 1 amide bonds. The van der Waals surface area contributed by atoms with Crippen LogP contribution in [0.25, 0.3) is 0 Å². The highest BCUT2D eigenvalue weighted by Gasteiger charge is 2.81. The van der Waals surface area contributed by atoms with E-state index in [1.165, 1.54) is 7.11 Å². The quantitative estimate of drug-likeness (QED) is 0.340. The summed E-state index contributed by atoms with van der Waals surface area (Å²) in [4.78, 5) is 42.0. The number of esters is 1. The van der Waals surface area contributed by atoms with Gasteiger partial charge < -0.3 is 19.1 Å². The molecule has 1 spiro atoms. The van der Waals surface area contributed by atoms with Crippen molar-refractivity contribution < 1.29 is 28.6 Å². The van der Waals surface area contributed by atoms with Crippen LogP contribution in [0.1, 0.15) is 32.6 Å². The monoisotopic (exact) mass is 493 g/mol. The summed E-state index contributed by atoms with van der Waals surface area (Å²) in [6, 6.07) is -0.114. The Kier molecular flexibility index (Phi) is 4.13.